The molecule has 3 rings (SSSR count). The number of aromatic nitrogens is 1. The monoisotopic (exact) mass is 309 g/mol. The summed E-state index contributed by atoms with van der Waals surface area (Å²) in [6, 6.07) is 10.9. The Morgan fingerprint density at radius 2 is 1.65 bits per heavy atom. The standard InChI is InChI=1S/C17H15N3O3/c1-10-6-5-9-14(18-10)19-15(21)11(2)20-16(22)12-7-3-4-8-13(12)17(20)23/h3-9,11H,1-2H3,(H,18,19,21)/t11-/m1/s1. The average Bonchev–Trinajstić information content (AvgIpc) is 2.79. The molecule has 116 valence electrons. The van der Waals surface area contributed by atoms with Crippen LogP contribution in [-0.4, -0.2) is 33.6 Å². The molecule has 1 aliphatic rings. The Labute approximate surface area is 133 Å². The Morgan fingerprint density at radius 3 is 2.22 bits per heavy atom. The predicted octanol–water partition coefficient (Wildman–Crippen LogP) is 2.01. The highest BCUT2D eigenvalue weighted by Crippen LogP contribution is 2.24. The van der Waals surface area contributed by atoms with E-state index in [-0.39, 0.29) is 0 Å². The molecule has 6 heteroatoms. The number of amides is 3. The highest BCUT2D eigenvalue weighted by atomic mass is 16.2. The second-order valence-electron chi connectivity index (χ2n) is 5.36. The minimum absolute atomic E-state index is 0.325. The zero-order valence-corrected chi connectivity index (χ0v) is 12.7. The maximum absolute atomic E-state index is 12.4. The smallest absolute Gasteiger partial charge is 0.262 e. The van der Waals surface area contributed by atoms with Gasteiger partial charge < -0.3 is 5.32 Å². The van der Waals surface area contributed by atoms with E-state index in [2.05, 4.69) is 10.3 Å². The van der Waals surface area contributed by atoms with Gasteiger partial charge in [-0.1, -0.05) is 18.2 Å². The van der Waals surface area contributed by atoms with Crippen LogP contribution in [0.3, 0.4) is 0 Å². The van der Waals surface area contributed by atoms with Crippen molar-refractivity contribution in [3.05, 3.63) is 59.3 Å². The molecule has 1 aromatic heterocycles. The second kappa shape index (κ2) is 5.64. The molecule has 1 N–H and O–H groups in total. The molecule has 0 radical (unpaired) electrons. The van der Waals surface area contributed by atoms with Gasteiger partial charge in [0.1, 0.15) is 11.9 Å². The van der Waals surface area contributed by atoms with Gasteiger partial charge in [0.2, 0.25) is 5.91 Å². The predicted molar refractivity (Wildman–Crippen MR) is 84.0 cm³/mol. The number of hydrogen-bond acceptors (Lipinski definition) is 4. The molecule has 0 saturated carbocycles. The fraction of sp³-hybridized carbons (Fsp3) is 0.176. The number of pyridine rings is 1. The van der Waals surface area contributed by atoms with Crippen molar-refractivity contribution in [2.45, 2.75) is 19.9 Å². The topological polar surface area (TPSA) is 79.4 Å². The summed E-state index contributed by atoms with van der Waals surface area (Å²) in [6.07, 6.45) is 0. The Balaban J connectivity index is 1.81. The largest absolute Gasteiger partial charge is 0.309 e. The van der Waals surface area contributed by atoms with Crippen molar-refractivity contribution in [3.63, 3.8) is 0 Å². The molecule has 0 fully saturated rings. The van der Waals surface area contributed by atoms with E-state index in [1.165, 1.54) is 6.92 Å². The third-order valence-electron chi connectivity index (χ3n) is 3.73. The zero-order chi connectivity index (χ0) is 16.6. The number of aryl methyl sites for hydroxylation is 1. The molecule has 0 bridgehead atoms. The van der Waals surface area contributed by atoms with Crippen LogP contribution in [0.1, 0.15) is 33.3 Å². The number of carbonyl (C=O) groups is 3. The van der Waals surface area contributed by atoms with Crippen molar-refractivity contribution in [1.82, 2.24) is 9.88 Å². The number of rotatable bonds is 3. The van der Waals surface area contributed by atoms with Gasteiger partial charge in [0.25, 0.3) is 11.8 Å². The summed E-state index contributed by atoms with van der Waals surface area (Å²) in [5, 5.41) is 2.63. The maximum atomic E-state index is 12.4. The van der Waals surface area contributed by atoms with E-state index in [1.807, 2.05) is 13.0 Å². The lowest BCUT2D eigenvalue weighted by Gasteiger charge is -2.21. The van der Waals surface area contributed by atoms with Crippen LogP contribution in [0.2, 0.25) is 0 Å². The molecule has 3 amide bonds. The number of anilines is 1. The van der Waals surface area contributed by atoms with E-state index >= 15 is 0 Å². The third-order valence-corrected chi connectivity index (χ3v) is 3.73. The van der Waals surface area contributed by atoms with Gasteiger partial charge in [-0.3, -0.25) is 19.3 Å². The summed E-state index contributed by atoms with van der Waals surface area (Å²) in [6.45, 7) is 3.33. The van der Waals surface area contributed by atoms with Crippen LogP contribution < -0.4 is 5.32 Å². The molecular formula is C17H15N3O3. The number of carbonyl (C=O) groups excluding carboxylic acids is 3. The van der Waals surface area contributed by atoms with Crippen molar-refractivity contribution in [2.75, 3.05) is 5.32 Å². The van der Waals surface area contributed by atoms with E-state index in [0.29, 0.717) is 16.9 Å². The highest BCUT2D eigenvalue weighted by molar-refractivity contribution is 6.23. The lowest BCUT2D eigenvalue weighted by Crippen LogP contribution is -2.45. The molecule has 1 atom stereocenters. The van der Waals surface area contributed by atoms with Crippen LogP contribution in [0.25, 0.3) is 0 Å². The normalized spacial score (nSPS) is 14.6. The van der Waals surface area contributed by atoms with E-state index in [4.69, 9.17) is 0 Å². The fourth-order valence-electron chi connectivity index (χ4n) is 2.52. The first-order chi connectivity index (χ1) is 11.0. The van der Waals surface area contributed by atoms with Crippen molar-refractivity contribution in [1.29, 1.82) is 0 Å². The summed E-state index contributed by atoms with van der Waals surface area (Å²) in [5.74, 6) is -0.980. The number of hydrogen-bond donors (Lipinski definition) is 1. The number of nitrogens with one attached hydrogen (secondary N) is 1. The van der Waals surface area contributed by atoms with Crippen LogP contribution in [0.15, 0.2) is 42.5 Å². The Morgan fingerprint density at radius 1 is 1.04 bits per heavy atom. The summed E-state index contributed by atoms with van der Waals surface area (Å²) in [4.78, 5) is 42.3. The summed E-state index contributed by atoms with van der Waals surface area (Å²) in [7, 11) is 0. The number of fused-ring (bicyclic) bond motifs is 1. The first kappa shape index (κ1) is 14.9. The molecule has 1 aromatic carbocycles. The van der Waals surface area contributed by atoms with Gasteiger partial charge in [-0.05, 0) is 38.1 Å². The van der Waals surface area contributed by atoms with E-state index in [1.54, 1.807) is 36.4 Å². The van der Waals surface area contributed by atoms with Crippen molar-refractivity contribution in [3.8, 4) is 0 Å². The van der Waals surface area contributed by atoms with Crippen LogP contribution in [0, 0.1) is 6.92 Å². The summed E-state index contributed by atoms with van der Waals surface area (Å²) < 4.78 is 0. The molecule has 2 aromatic rings. The minimum Gasteiger partial charge on any atom is -0.309 e. The quantitative estimate of drug-likeness (QED) is 0.880. The molecule has 0 saturated heterocycles. The van der Waals surface area contributed by atoms with Gasteiger partial charge in [-0.25, -0.2) is 4.98 Å². The molecule has 1 aliphatic heterocycles. The first-order valence-electron chi connectivity index (χ1n) is 7.20. The number of imide groups is 1. The van der Waals surface area contributed by atoms with Crippen molar-refractivity contribution < 1.29 is 14.4 Å². The first-order valence-corrected chi connectivity index (χ1v) is 7.20. The minimum atomic E-state index is -0.926. The van der Waals surface area contributed by atoms with E-state index < -0.39 is 23.8 Å². The Kier molecular flexibility index (Phi) is 3.65. The molecule has 6 nitrogen and oxygen atoms in total. The van der Waals surface area contributed by atoms with Crippen molar-refractivity contribution in [2.24, 2.45) is 0 Å². The lowest BCUT2D eigenvalue weighted by atomic mass is 10.1. The molecular weight excluding hydrogens is 294 g/mol. The Bertz CT molecular complexity index is 781. The second-order valence-corrected chi connectivity index (χ2v) is 5.36. The molecule has 2 heterocycles. The van der Waals surface area contributed by atoms with E-state index in [0.717, 1.165) is 10.6 Å². The lowest BCUT2D eigenvalue weighted by molar-refractivity contribution is -0.119. The SMILES string of the molecule is Cc1cccc(NC(=O)[C@@H](C)N2C(=O)c3ccccc3C2=O)n1. The molecule has 23 heavy (non-hydrogen) atoms. The van der Waals surface area contributed by atoms with Gasteiger partial charge in [0.15, 0.2) is 0 Å². The van der Waals surface area contributed by atoms with Crippen LogP contribution in [0.4, 0.5) is 5.82 Å². The summed E-state index contributed by atoms with van der Waals surface area (Å²) >= 11 is 0. The average molecular weight is 309 g/mol. The summed E-state index contributed by atoms with van der Waals surface area (Å²) in [5.41, 5.74) is 1.41. The van der Waals surface area contributed by atoms with Crippen molar-refractivity contribution >= 4 is 23.5 Å². The highest BCUT2D eigenvalue weighted by Gasteiger charge is 2.40. The zero-order valence-electron chi connectivity index (χ0n) is 12.7. The fourth-order valence-corrected chi connectivity index (χ4v) is 2.52. The number of nitrogens with zero attached hydrogens (tertiary/aromatic N) is 2. The molecule has 0 aliphatic carbocycles. The van der Waals surface area contributed by atoms with Gasteiger partial charge >= 0.3 is 0 Å². The van der Waals surface area contributed by atoms with Gasteiger partial charge in [0.05, 0.1) is 11.1 Å². The Hall–Kier alpha value is -3.02. The van der Waals surface area contributed by atoms with Crippen LogP contribution in [0.5, 0.6) is 0 Å². The van der Waals surface area contributed by atoms with E-state index in [9.17, 15) is 14.4 Å². The van der Waals surface area contributed by atoms with Crippen LogP contribution in [-0.2, 0) is 4.79 Å². The van der Waals surface area contributed by atoms with Crippen LogP contribution >= 0.6 is 0 Å². The third kappa shape index (κ3) is 2.59. The van der Waals surface area contributed by atoms with Gasteiger partial charge in [-0.2, -0.15) is 0 Å². The molecule has 0 unspecified atom stereocenters. The maximum Gasteiger partial charge on any atom is 0.262 e. The van der Waals surface area contributed by atoms with Gasteiger partial charge in [0, 0.05) is 5.69 Å². The number of benzene rings is 1. The van der Waals surface area contributed by atoms with Gasteiger partial charge in [-0.15, -0.1) is 0 Å². The molecule has 0 spiro atoms.